The number of allylic oxidation sites excluding steroid dienone is 2. The molecule has 0 saturated heterocycles. The quantitative estimate of drug-likeness (QED) is 0.557. The highest BCUT2D eigenvalue weighted by atomic mass is 16.5. The Labute approximate surface area is 65.3 Å². The molecule has 0 saturated carbocycles. The third-order valence-corrected chi connectivity index (χ3v) is 1.36. The molecule has 0 aromatic rings. The van der Waals surface area contributed by atoms with E-state index in [4.69, 9.17) is 4.74 Å². The van der Waals surface area contributed by atoms with Gasteiger partial charge in [-0.3, -0.25) is 4.79 Å². The average molecular weight is 154 g/mol. The number of rotatable bonds is 2. The molecule has 0 spiro atoms. The van der Waals surface area contributed by atoms with Crippen LogP contribution in [0, 0.1) is 0 Å². The number of ether oxygens (including phenoxy) is 2. The van der Waals surface area contributed by atoms with Gasteiger partial charge in [-0.2, -0.15) is 0 Å². The normalized spacial score (nSPS) is 21.0. The summed E-state index contributed by atoms with van der Waals surface area (Å²) in [6.07, 6.45) is 7.11. The van der Waals surface area contributed by atoms with Crippen molar-refractivity contribution in [3.05, 3.63) is 24.5 Å². The van der Waals surface area contributed by atoms with Gasteiger partial charge < -0.3 is 9.47 Å². The summed E-state index contributed by atoms with van der Waals surface area (Å²) in [6, 6.07) is 0. The molecule has 0 aromatic heterocycles. The first-order valence-electron chi connectivity index (χ1n) is 3.38. The van der Waals surface area contributed by atoms with E-state index in [0.717, 1.165) is 0 Å². The zero-order valence-corrected chi connectivity index (χ0v) is 6.32. The molecule has 1 aliphatic heterocycles. The Bertz CT molecular complexity index is 194. The molecule has 11 heavy (non-hydrogen) atoms. The van der Waals surface area contributed by atoms with E-state index in [0.29, 0.717) is 0 Å². The van der Waals surface area contributed by atoms with Gasteiger partial charge in [0.05, 0.1) is 19.8 Å². The summed E-state index contributed by atoms with van der Waals surface area (Å²) in [5.41, 5.74) is 0. The standard InChI is InChI=1S/C8H10O3/c1-10-8(9)6-7-4-2-3-5-11-7/h2-5,7H,6H2,1H3. The van der Waals surface area contributed by atoms with Crippen molar-refractivity contribution in [2.75, 3.05) is 7.11 Å². The molecule has 1 rings (SSSR count). The topological polar surface area (TPSA) is 35.5 Å². The highest BCUT2D eigenvalue weighted by Gasteiger charge is 2.11. The first-order chi connectivity index (χ1) is 5.33. The number of hydrogen-bond acceptors (Lipinski definition) is 3. The Morgan fingerprint density at radius 2 is 2.45 bits per heavy atom. The highest BCUT2D eigenvalue weighted by molar-refractivity contribution is 5.70. The summed E-state index contributed by atoms with van der Waals surface area (Å²) in [6.45, 7) is 0. The van der Waals surface area contributed by atoms with Crippen LogP contribution in [0.25, 0.3) is 0 Å². The zero-order chi connectivity index (χ0) is 8.10. The van der Waals surface area contributed by atoms with Gasteiger partial charge in [-0.1, -0.05) is 6.08 Å². The van der Waals surface area contributed by atoms with E-state index in [2.05, 4.69) is 4.74 Å². The van der Waals surface area contributed by atoms with Crippen molar-refractivity contribution < 1.29 is 14.3 Å². The van der Waals surface area contributed by atoms with Crippen LogP contribution in [0.2, 0.25) is 0 Å². The van der Waals surface area contributed by atoms with Gasteiger partial charge in [0.15, 0.2) is 0 Å². The molecule has 1 unspecified atom stereocenters. The smallest absolute Gasteiger partial charge is 0.309 e. The first kappa shape index (κ1) is 7.85. The van der Waals surface area contributed by atoms with E-state index in [9.17, 15) is 4.79 Å². The van der Waals surface area contributed by atoms with Gasteiger partial charge in [-0.05, 0) is 12.2 Å². The lowest BCUT2D eigenvalue weighted by Crippen LogP contribution is -2.15. The average Bonchev–Trinajstić information content (AvgIpc) is 2.06. The molecular formula is C8H10O3. The molecule has 1 heterocycles. The Balaban J connectivity index is 2.33. The molecule has 0 fully saturated rings. The molecule has 0 radical (unpaired) electrons. The lowest BCUT2D eigenvalue weighted by Gasteiger charge is -2.12. The molecule has 3 heteroatoms. The van der Waals surface area contributed by atoms with Crippen molar-refractivity contribution in [2.45, 2.75) is 12.5 Å². The predicted molar refractivity (Wildman–Crippen MR) is 39.8 cm³/mol. The van der Waals surface area contributed by atoms with Crippen molar-refractivity contribution in [1.82, 2.24) is 0 Å². The minimum atomic E-state index is -0.255. The molecule has 0 N–H and O–H groups in total. The second kappa shape index (κ2) is 3.81. The SMILES string of the molecule is COC(=O)CC1C=CC=CO1. The minimum Gasteiger partial charge on any atom is -0.493 e. The van der Waals surface area contributed by atoms with Crippen molar-refractivity contribution in [2.24, 2.45) is 0 Å². The van der Waals surface area contributed by atoms with Gasteiger partial charge in [-0.25, -0.2) is 0 Å². The van der Waals surface area contributed by atoms with Crippen LogP contribution in [-0.2, 0) is 14.3 Å². The van der Waals surface area contributed by atoms with E-state index < -0.39 is 0 Å². The van der Waals surface area contributed by atoms with Crippen molar-refractivity contribution >= 4 is 5.97 Å². The Morgan fingerprint density at radius 1 is 1.64 bits per heavy atom. The molecule has 0 aliphatic carbocycles. The molecule has 60 valence electrons. The second-order valence-electron chi connectivity index (χ2n) is 2.17. The highest BCUT2D eigenvalue weighted by Crippen LogP contribution is 2.06. The summed E-state index contributed by atoms with van der Waals surface area (Å²) >= 11 is 0. The molecule has 0 amide bonds. The van der Waals surface area contributed by atoms with E-state index in [1.165, 1.54) is 7.11 Å². The second-order valence-corrected chi connectivity index (χ2v) is 2.17. The molecule has 0 bridgehead atoms. The van der Waals surface area contributed by atoms with Crippen LogP contribution < -0.4 is 0 Å². The van der Waals surface area contributed by atoms with Crippen molar-refractivity contribution in [3.8, 4) is 0 Å². The van der Waals surface area contributed by atoms with Crippen LogP contribution >= 0.6 is 0 Å². The lowest BCUT2D eigenvalue weighted by atomic mass is 10.2. The monoisotopic (exact) mass is 154 g/mol. The fourth-order valence-corrected chi connectivity index (χ4v) is 0.789. The molecule has 3 nitrogen and oxygen atoms in total. The van der Waals surface area contributed by atoms with Crippen LogP contribution in [0.5, 0.6) is 0 Å². The lowest BCUT2D eigenvalue weighted by molar-refractivity contribution is -0.142. The van der Waals surface area contributed by atoms with Crippen LogP contribution in [0.15, 0.2) is 24.5 Å². The van der Waals surface area contributed by atoms with Crippen LogP contribution in [0.4, 0.5) is 0 Å². The Morgan fingerprint density at radius 3 is 3.00 bits per heavy atom. The molecule has 1 atom stereocenters. The van der Waals surface area contributed by atoms with Gasteiger partial charge in [0, 0.05) is 0 Å². The number of carbonyl (C=O) groups excluding carboxylic acids is 1. The van der Waals surface area contributed by atoms with E-state index in [1.54, 1.807) is 12.3 Å². The van der Waals surface area contributed by atoms with Crippen molar-refractivity contribution in [1.29, 1.82) is 0 Å². The maximum Gasteiger partial charge on any atom is 0.309 e. The molecule has 0 aromatic carbocycles. The van der Waals surface area contributed by atoms with E-state index >= 15 is 0 Å². The third-order valence-electron chi connectivity index (χ3n) is 1.36. The first-order valence-corrected chi connectivity index (χ1v) is 3.38. The summed E-state index contributed by atoms with van der Waals surface area (Å²) in [5, 5.41) is 0. The summed E-state index contributed by atoms with van der Waals surface area (Å²) in [7, 11) is 1.37. The van der Waals surface area contributed by atoms with Crippen molar-refractivity contribution in [3.63, 3.8) is 0 Å². The fourth-order valence-electron chi connectivity index (χ4n) is 0.789. The van der Waals surface area contributed by atoms with Gasteiger partial charge in [0.2, 0.25) is 0 Å². The van der Waals surface area contributed by atoms with Crippen LogP contribution in [0.3, 0.4) is 0 Å². The Kier molecular flexibility index (Phi) is 2.72. The van der Waals surface area contributed by atoms with Gasteiger partial charge in [-0.15, -0.1) is 0 Å². The summed E-state index contributed by atoms with van der Waals surface area (Å²) in [4.78, 5) is 10.7. The number of methoxy groups -OCH3 is 1. The fraction of sp³-hybridized carbons (Fsp3) is 0.375. The Hall–Kier alpha value is -1.25. The van der Waals surface area contributed by atoms with Gasteiger partial charge in [0.25, 0.3) is 0 Å². The van der Waals surface area contributed by atoms with Gasteiger partial charge in [0.1, 0.15) is 6.10 Å². The summed E-state index contributed by atoms with van der Waals surface area (Å²) in [5.74, 6) is -0.255. The van der Waals surface area contributed by atoms with Crippen LogP contribution in [-0.4, -0.2) is 19.2 Å². The predicted octanol–water partition coefficient (Wildman–Crippen LogP) is 1.02. The molecule has 1 aliphatic rings. The van der Waals surface area contributed by atoms with E-state index in [-0.39, 0.29) is 18.5 Å². The zero-order valence-electron chi connectivity index (χ0n) is 6.32. The maximum atomic E-state index is 10.7. The molecular weight excluding hydrogens is 144 g/mol. The van der Waals surface area contributed by atoms with Crippen LogP contribution in [0.1, 0.15) is 6.42 Å². The largest absolute Gasteiger partial charge is 0.493 e. The number of esters is 1. The number of hydrogen-bond donors (Lipinski definition) is 0. The van der Waals surface area contributed by atoms with E-state index in [1.807, 2.05) is 12.2 Å². The minimum absolute atomic E-state index is 0.160. The summed E-state index contributed by atoms with van der Waals surface area (Å²) < 4.78 is 9.56. The van der Waals surface area contributed by atoms with Gasteiger partial charge >= 0.3 is 5.97 Å². The maximum absolute atomic E-state index is 10.7. The third kappa shape index (κ3) is 2.45. The number of carbonyl (C=O) groups is 1.